The minimum absolute atomic E-state index is 0.115. The summed E-state index contributed by atoms with van der Waals surface area (Å²) in [7, 11) is 0. The van der Waals surface area contributed by atoms with Gasteiger partial charge in [-0.15, -0.1) is 0 Å². The molecule has 0 saturated carbocycles. The zero-order valence-electron chi connectivity index (χ0n) is 12.6. The molecule has 3 heterocycles. The van der Waals surface area contributed by atoms with Crippen molar-refractivity contribution in [2.75, 3.05) is 18.0 Å². The molecule has 0 bridgehead atoms. The Bertz CT molecular complexity index is 652. The molecular formula is C16H18N4O2. The van der Waals surface area contributed by atoms with Gasteiger partial charge < -0.3 is 9.64 Å². The number of anilines is 1. The standard InChI is InChI=1S/C16H18N4O2/c1-11-8-20(9-12(2)22-11)16-14(10-21)5-13(6-19-16)15-7-17-3-4-18-15/h3-7,10-12H,8-9H2,1-2H3/t11-,12+. The van der Waals surface area contributed by atoms with Crippen LogP contribution >= 0.6 is 0 Å². The van der Waals surface area contributed by atoms with E-state index in [4.69, 9.17) is 4.74 Å². The van der Waals surface area contributed by atoms with E-state index in [-0.39, 0.29) is 12.2 Å². The molecule has 2 atom stereocenters. The maximum atomic E-state index is 11.5. The van der Waals surface area contributed by atoms with E-state index in [1.807, 2.05) is 19.9 Å². The highest BCUT2D eigenvalue weighted by Gasteiger charge is 2.25. The highest BCUT2D eigenvalue weighted by atomic mass is 16.5. The Hall–Kier alpha value is -2.34. The molecule has 1 saturated heterocycles. The number of aldehydes is 1. The Morgan fingerprint density at radius 3 is 2.59 bits per heavy atom. The Morgan fingerprint density at radius 1 is 1.18 bits per heavy atom. The molecule has 6 nitrogen and oxygen atoms in total. The van der Waals surface area contributed by atoms with Crippen LogP contribution in [0.3, 0.4) is 0 Å². The van der Waals surface area contributed by atoms with Crippen molar-refractivity contribution in [1.82, 2.24) is 15.0 Å². The van der Waals surface area contributed by atoms with Crippen molar-refractivity contribution in [3.05, 3.63) is 36.4 Å². The van der Waals surface area contributed by atoms with Crippen molar-refractivity contribution >= 4 is 12.1 Å². The van der Waals surface area contributed by atoms with Gasteiger partial charge in [-0.3, -0.25) is 14.8 Å². The van der Waals surface area contributed by atoms with Crippen LogP contribution in [-0.2, 0) is 4.74 Å². The lowest BCUT2D eigenvalue weighted by atomic mass is 10.1. The van der Waals surface area contributed by atoms with E-state index in [1.165, 1.54) is 0 Å². The number of carbonyl (C=O) groups excluding carboxylic acids is 1. The molecule has 0 aliphatic carbocycles. The summed E-state index contributed by atoms with van der Waals surface area (Å²) in [6, 6.07) is 1.81. The van der Waals surface area contributed by atoms with Crippen LogP contribution in [0.4, 0.5) is 5.82 Å². The van der Waals surface area contributed by atoms with Gasteiger partial charge in [-0.1, -0.05) is 0 Å². The normalized spacial score (nSPS) is 21.6. The molecule has 0 spiro atoms. The lowest BCUT2D eigenvalue weighted by molar-refractivity contribution is -0.00549. The molecule has 22 heavy (non-hydrogen) atoms. The molecule has 0 amide bonds. The number of ether oxygens (including phenoxy) is 1. The molecule has 0 aromatic carbocycles. The second-order valence-electron chi connectivity index (χ2n) is 5.51. The summed E-state index contributed by atoms with van der Waals surface area (Å²) in [5, 5.41) is 0. The molecule has 2 aromatic heterocycles. The summed E-state index contributed by atoms with van der Waals surface area (Å²) in [6.07, 6.45) is 7.70. The van der Waals surface area contributed by atoms with Crippen LogP contribution < -0.4 is 4.90 Å². The predicted octanol–water partition coefficient (Wildman–Crippen LogP) is 1.96. The van der Waals surface area contributed by atoms with Crippen molar-refractivity contribution in [2.24, 2.45) is 0 Å². The van der Waals surface area contributed by atoms with Crippen LogP contribution in [0.2, 0.25) is 0 Å². The largest absolute Gasteiger partial charge is 0.372 e. The molecule has 0 N–H and O–H groups in total. The van der Waals surface area contributed by atoms with Crippen LogP contribution in [0.15, 0.2) is 30.9 Å². The zero-order chi connectivity index (χ0) is 15.5. The number of pyridine rings is 1. The van der Waals surface area contributed by atoms with Crippen molar-refractivity contribution in [2.45, 2.75) is 26.1 Å². The van der Waals surface area contributed by atoms with Crippen LogP contribution in [0.1, 0.15) is 24.2 Å². The minimum atomic E-state index is 0.115. The highest BCUT2D eigenvalue weighted by molar-refractivity contribution is 5.85. The van der Waals surface area contributed by atoms with Gasteiger partial charge in [0.15, 0.2) is 6.29 Å². The smallest absolute Gasteiger partial charge is 0.153 e. The maximum absolute atomic E-state index is 11.5. The van der Waals surface area contributed by atoms with Gasteiger partial charge in [0.05, 0.1) is 29.7 Å². The second kappa shape index (κ2) is 6.19. The third kappa shape index (κ3) is 2.96. The van der Waals surface area contributed by atoms with E-state index in [2.05, 4.69) is 19.9 Å². The average Bonchev–Trinajstić information content (AvgIpc) is 2.54. The van der Waals surface area contributed by atoms with E-state index in [0.29, 0.717) is 17.1 Å². The molecule has 1 aliphatic rings. The fourth-order valence-corrected chi connectivity index (χ4v) is 2.76. The highest BCUT2D eigenvalue weighted by Crippen LogP contribution is 2.25. The van der Waals surface area contributed by atoms with Gasteiger partial charge >= 0.3 is 0 Å². The first-order chi connectivity index (χ1) is 10.7. The third-order valence-corrected chi connectivity index (χ3v) is 3.60. The lowest BCUT2D eigenvalue weighted by Gasteiger charge is -2.36. The number of nitrogens with zero attached hydrogens (tertiary/aromatic N) is 4. The van der Waals surface area contributed by atoms with Gasteiger partial charge in [0.1, 0.15) is 5.82 Å². The van der Waals surface area contributed by atoms with Crippen LogP contribution in [0.25, 0.3) is 11.3 Å². The van der Waals surface area contributed by atoms with Gasteiger partial charge in [-0.25, -0.2) is 4.98 Å². The van der Waals surface area contributed by atoms with Crippen molar-refractivity contribution in [1.29, 1.82) is 0 Å². The topological polar surface area (TPSA) is 68.2 Å². The number of rotatable bonds is 3. The fraction of sp³-hybridized carbons (Fsp3) is 0.375. The van der Waals surface area contributed by atoms with Crippen LogP contribution in [0, 0.1) is 0 Å². The van der Waals surface area contributed by atoms with E-state index in [1.54, 1.807) is 24.8 Å². The Morgan fingerprint density at radius 2 is 1.95 bits per heavy atom. The van der Waals surface area contributed by atoms with Crippen molar-refractivity contribution < 1.29 is 9.53 Å². The van der Waals surface area contributed by atoms with Gasteiger partial charge in [0.25, 0.3) is 0 Å². The van der Waals surface area contributed by atoms with Gasteiger partial charge in [-0.05, 0) is 19.9 Å². The van der Waals surface area contributed by atoms with E-state index < -0.39 is 0 Å². The predicted molar refractivity (Wildman–Crippen MR) is 82.9 cm³/mol. The average molecular weight is 298 g/mol. The molecular weight excluding hydrogens is 280 g/mol. The molecule has 2 aromatic rings. The number of hydrogen-bond acceptors (Lipinski definition) is 6. The van der Waals surface area contributed by atoms with Crippen molar-refractivity contribution in [3.8, 4) is 11.3 Å². The lowest BCUT2D eigenvalue weighted by Crippen LogP contribution is -2.46. The van der Waals surface area contributed by atoms with Crippen LogP contribution in [0.5, 0.6) is 0 Å². The van der Waals surface area contributed by atoms with E-state index in [0.717, 1.165) is 24.9 Å². The monoisotopic (exact) mass is 298 g/mol. The number of hydrogen-bond donors (Lipinski definition) is 0. The summed E-state index contributed by atoms with van der Waals surface area (Å²) in [6.45, 7) is 5.50. The zero-order valence-corrected chi connectivity index (χ0v) is 12.6. The molecule has 1 fully saturated rings. The molecule has 0 unspecified atom stereocenters. The van der Waals surface area contributed by atoms with Gasteiger partial charge in [0, 0.05) is 37.2 Å². The van der Waals surface area contributed by atoms with Crippen molar-refractivity contribution in [3.63, 3.8) is 0 Å². The third-order valence-electron chi connectivity index (χ3n) is 3.60. The number of aromatic nitrogens is 3. The number of morpholine rings is 1. The van der Waals surface area contributed by atoms with Gasteiger partial charge in [-0.2, -0.15) is 0 Å². The summed E-state index contributed by atoms with van der Waals surface area (Å²) in [4.78, 5) is 26.4. The van der Waals surface area contributed by atoms with E-state index in [9.17, 15) is 4.79 Å². The SMILES string of the molecule is C[C@@H]1CN(c2ncc(-c3cnccn3)cc2C=O)C[C@H](C)O1. The molecule has 0 radical (unpaired) electrons. The molecule has 6 heteroatoms. The summed E-state index contributed by atoms with van der Waals surface area (Å²) in [5.74, 6) is 0.699. The Balaban J connectivity index is 1.94. The summed E-state index contributed by atoms with van der Waals surface area (Å²) >= 11 is 0. The first-order valence-corrected chi connectivity index (χ1v) is 7.29. The molecule has 3 rings (SSSR count). The fourth-order valence-electron chi connectivity index (χ4n) is 2.76. The molecule has 1 aliphatic heterocycles. The maximum Gasteiger partial charge on any atom is 0.153 e. The summed E-state index contributed by atoms with van der Waals surface area (Å²) < 4.78 is 5.73. The molecule has 114 valence electrons. The minimum Gasteiger partial charge on any atom is -0.372 e. The number of carbonyl (C=O) groups is 1. The van der Waals surface area contributed by atoms with E-state index >= 15 is 0 Å². The second-order valence-corrected chi connectivity index (χ2v) is 5.51. The quantitative estimate of drug-likeness (QED) is 0.807. The van der Waals surface area contributed by atoms with Crippen LogP contribution in [-0.4, -0.2) is 46.5 Å². The Labute approximate surface area is 129 Å². The first kappa shape index (κ1) is 14.6. The first-order valence-electron chi connectivity index (χ1n) is 7.29. The summed E-state index contributed by atoms with van der Waals surface area (Å²) in [5.41, 5.74) is 2.05. The van der Waals surface area contributed by atoms with Gasteiger partial charge in [0.2, 0.25) is 0 Å². The Kier molecular flexibility index (Phi) is 4.11.